The molecule has 0 unspecified atom stereocenters. The van der Waals surface area contributed by atoms with Crippen LogP contribution in [0.2, 0.25) is 0 Å². The molecule has 0 radical (unpaired) electrons. The van der Waals surface area contributed by atoms with Crippen molar-refractivity contribution in [1.82, 2.24) is 9.55 Å². The van der Waals surface area contributed by atoms with E-state index in [1.807, 2.05) is 0 Å². The van der Waals surface area contributed by atoms with E-state index in [1.54, 1.807) is 12.1 Å². The van der Waals surface area contributed by atoms with E-state index < -0.39 is 0 Å². The predicted octanol–water partition coefficient (Wildman–Crippen LogP) is 1.96. The number of carbonyl (C=O) groups excluding carboxylic acids is 1. The van der Waals surface area contributed by atoms with Crippen LogP contribution in [0.5, 0.6) is 0 Å². The standard InChI is InChI=1S/C13H10BrFN2O2/c14-12-6-16-8-17(13(12)19)7-11(18)5-9-1-3-10(15)4-2-9/h1-4,6,8H,5,7H2. The summed E-state index contributed by atoms with van der Waals surface area (Å²) >= 11 is 3.06. The Morgan fingerprint density at radius 3 is 2.68 bits per heavy atom. The normalized spacial score (nSPS) is 10.4. The molecule has 1 aromatic heterocycles. The molecule has 0 aliphatic rings. The first-order chi connectivity index (χ1) is 9.06. The lowest BCUT2D eigenvalue weighted by Gasteiger charge is -2.05. The van der Waals surface area contributed by atoms with Crippen molar-refractivity contribution in [2.75, 3.05) is 0 Å². The summed E-state index contributed by atoms with van der Waals surface area (Å²) in [5.41, 5.74) is 0.407. The Bertz CT molecular complexity index is 652. The third-order valence-corrected chi connectivity index (χ3v) is 3.06. The molecule has 1 aromatic carbocycles. The summed E-state index contributed by atoms with van der Waals surface area (Å²) in [6, 6.07) is 5.70. The van der Waals surface area contributed by atoms with Gasteiger partial charge in [-0.15, -0.1) is 0 Å². The van der Waals surface area contributed by atoms with Crippen LogP contribution in [0.3, 0.4) is 0 Å². The summed E-state index contributed by atoms with van der Waals surface area (Å²) in [5.74, 6) is -0.489. The summed E-state index contributed by atoms with van der Waals surface area (Å²) in [7, 11) is 0. The molecule has 0 N–H and O–H groups in total. The molecule has 0 fully saturated rings. The van der Waals surface area contributed by atoms with E-state index in [1.165, 1.54) is 29.2 Å². The highest BCUT2D eigenvalue weighted by Gasteiger charge is 2.08. The van der Waals surface area contributed by atoms with Crippen molar-refractivity contribution in [1.29, 1.82) is 0 Å². The van der Waals surface area contributed by atoms with Gasteiger partial charge in [0.25, 0.3) is 5.56 Å². The number of carbonyl (C=O) groups is 1. The Kier molecular flexibility index (Phi) is 4.21. The zero-order chi connectivity index (χ0) is 13.8. The van der Waals surface area contributed by atoms with E-state index in [0.717, 1.165) is 0 Å². The number of hydrogen-bond acceptors (Lipinski definition) is 3. The molecule has 0 saturated heterocycles. The van der Waals surface area contributed by atoms with Crippen molar-refractivity contribution in [2.45, 2.75) is 13.0 Å². The average Bonchev–Trinajstić information content (AvgIpc) is 2.38. The monoisotopic (exact) mass is 324 g/mol. The van der Waals surface area contributed by atoms with Gasteiger partial charge in [-0.1, -0.05) is 12.1 Å². The van der Waals surface area contributed by atoms with Gasteiger partial charge in [-0.2, -0.15) is 0 Å². The van der Waals surface area contributed by atoms with Crippen molar-refractivity contribution < 1.29 is 9.18 Å². The molecule has 6 heteroatoms. The van der Waals surface area contributed by atoms with Crippen molar-refractivity contribution >= 4 is 21.7 Å². The van der Waals surface area contributed by atoms with E-state index in [-0.39, 0.29) is 30.1 Å². The van der Waals surface area contributed by atoms with Gasteiger partial charge in [0.2, 0.25) is 0 Å². The molecule has 0 spiro atoms. The van der Waals surface area contributed by atoms with Gasteiger partial charge in [0, 0.05) is 12.6 Å². The summed E-state index contributed by atoms with van der Waals surface area (Å²) in [5, 5.41) is 0. The van der Waals surface area contributed by atoms with Crippen molar-refractivity contribution in [2.24, 2.45) is 0 Å². The number of Topliss-reactive ketones (excluding diaryl/α,β-unsaturated/α-hetero) is 1. The first kappa shape index (κ1) is 13.6. The maximum Gasteiger partial charge on any atom is 0.268 e. The quantitative estimate of drug-likeness (QED) is 0.863. The van der Waals surface area contributed by atoms with Crippen LogP contribution in [0.1, 0.15) is 5.56 Å². The van der Waals surface area contributed by atoms with E-state index in [0.29, 0.717) is 10.0 Å². The van der Waals surface area contributed by atoms with Gasteiger partial charge in [0.15, 0.2) is 5.78 Å². The fraction of sp³-hybridized carbons (Fsp3) is 0.154. The van der Waals surface area contributed by atoms with E-state index in [4.69, 9.17) is 0 Å². The first-order valence-electron chi connectivity index (χ1n) is 5.52. The van der Waals surface area contributed by atoms with Crippen LogP contribution in [0, 0.1) is 5.82 Å². The van der Waals surface area contributed by atoms with E-state index in [2.05, 4.69) is 20.9 Å². The summed E-state index contributed by atoms with van der Waals surface area (Å²) < 4.78 is 14.3. The van der Waals surface area contributed by atoms with Gasteiger partial charge in [-0.3, -0.25) is 14.2 Å². The van der Waals surface area contributed by atoms with Crippen LogP contribution in [0.4, 0.5) is 4.39 Å². The predicted molar refractivity (Wildman–Crippen MR) is 71.3 cm³/mol. The Morgan fingerprint density at radius 1 is 1.32 bits per heavy atom. The van der Waals surface area contributed by atoms with Gasteiger partial charge in [0.1, 0.15) is 10.3 Å². The lowest BCUT2D eigenvalue weighted by Crippen LogP contribution is -2.25. The van der Waals surface area contributed by atoms with E-state index in [9.17, 15) is 14.0 Å². The first-order valence-corrected chi connectivity index (χ1v) is 6.31. The van der Waals surface area contributed by atoms with Crippen LogP contribution in [0.15, 0.2) is 46.1 Å². The van der Waals surface area contributed by atoms with Gasteiger partial charge in [-0.25, -0.2) is 9.37 Å². The van der Waals surface area contributed by atoms with Gasteiger partial charge < -0.3 is 0 Å². The van der Waals surface area contributed by atoms with Gasteiger partial charge in [0.05, 0.1) is 12.9 Å². The number of ketones is 1. The minimum Gasteiger partial charge on any atom is -0.297 e. The second-order valence-corrected chi connectivity index (χ2v) is 4.87. The number of hydrogen-bond donors (Lipinski definition) is 0. The fourth-order valence-electron chi connectivity index (χ4n) is 1.61. The number of aromatic nitrogens is 2. The minimum absolute atomic E-state index is 0.0529. The number of rotatable bonds is 4. The van der Waals surface area contributed by atoms with Crippen LogP contribution in [-0.2, 0) is 17.8 Å². The molecule has 2 rings (SSSR count). The molecule has 98 valence electrons. The zero-order valence-electron chi connectivity index (χ0n) is 9.85. The van der Waals surface area contributed by atoms with Crippen molar-refractivity contribution in [3.05, 3.63) is 63.0 Å². The fourth-order valence-corrected chi connectivity index (χ4v) is 1.96. The van der Waals surface area contributed by atoms with Crippen LogP contribution >= 0.6 is 15.9 Å². The van der Waals surface area contributed by atoms with Gasteiger partial charge in [-0.05, 0) is 33.6 Å². The third-order valence-electron chi connectivity index (χ3n) is 2.52. The molecule has 4 nitrogen and oxygen atoms in total. The Morgan fingerprint density at radius 2 is 2.00 bits per heavy atom. The topological polar surface area (TPSA) is 52.0 Å². The van der Waals surface area contributed by atoms with Gasteiger partial charge >= 0.3 is 0 Å². The molecule has 1 heterocycles. The minimum atomic E-state index is -0.344. The highest BCUT2D eigenvalue weighted by molar-refractivity contribution is 9.10. The highest BCUT2D eigenvalue weighted by atomic mass is 79.9. The number of benzene rings is 1. The smallest absolute Gasteiger partial charge is 0.268 e. The molecular formula is C13H10BrFN2O2. The second-order valence-electron chi connectivity index (χ2n) is 4.02. The molecular weight excluding hydrogens is 315 g/mol. The molecule has 19 heavy (non-hydrogen) atoms. The third kappa shape index (κ3) is 3.57. The van der Waals surface area contributed by atoms with Crippen molar-refractivity contribution in [3.8, 4) is 0 Å². The highest BCUT2D eigenvalue weighted by Crippen LogP contribution is 2.05. The molecule has 0 bridgehead atoms. The summed E-state index contributed by atoms with van der Waals surface area (Å²) in [6.07, 6.45) is 2.85. The Labute approximate surface area is 117 Å². The lowest BCUT2D eigenvalue weighted by atomic mass is 10.1. The second kappa shape index (κ2) is 5.88. The molecule has 0 aliphatic carbocycles. The molecule has 0 atom stereocenters. The average molecular weight is 325 g/mol. The number of nitrogens with zero attached hydrogens (tertiary/aromatic N) is 2. The Balaban J connectivity index is 2.07. The van der Waals surface area contributed by atoms with Crippen LogP contribution in [0.25, 0.3) is 0 Å². The Hall–Kier alpha value is -1.82. The van der Waals surface area contributed by atoms with Crippen LogP contribution < -0.4 is 5.56 Å². The maximum atomic E-state index is 12.7. The molecule has 0 amide bonds. The maximum absolute atomic E-state index is 12.7. The van der Waals surface area contributed by atoms with E-state index >= 15 is 0 Å². The molecule has 0 aliphatic heterocycles. The van der Waals surface area contributed by atoms with Crippen molar-refractivity contribution in [3.63, 3.8) is 0 Å². The molecule has 0 saturated carbocycles. The number of halogens is 2. The SMILES string of the molecule is O=C(Cc1ccc(F)cc1)Cn1cncc(Br)c1=O. The zero-order valence-corrected chi connectivity index (χ0v) is 11.4. The summed E-state index contributed by atoms with van der Waals surface area (Å²) in [6.45, 7) is -0.0529. The summed E-state index contributed by atoms with van der Waals surface area (Å²) in [4.78, 5) is 27.3. The lowest BCUT2D eigenvalue weighted by molar-refractivity contribution is -0.119. The largest absolute Gasteiger partial charge is 0.297 e. The van der Waals surface area contributed by atoms with Crippen LogP contribution in [-0.4, -0.2) is 15.3 Å². The molecule has 2 aromatic rings.